The zero-order valence-electron chi connectivity index (χ0n) is 17.7. The van der Waals surface area contributed by atoms with Gasteiger partial charge in [-0.05, 0) is 31.0 Å². The maximum absolute atomic E-state index is 13.5. The van der Waals surface area contributed by atoms with Gasteiger partial charge in [0.05, 0.1) is 6.61 Å². The second-order valence-electron chi connectivity index (χ2n) is 7.21. The summed E-state index contributed by atoms with van der Waals surface area (Å²) >= 11 is 0. The molecule has 0 aromatic heterocycles. The van der Waals surface area contributed by atoms with Gasteiger partial charge in [-0.25, -0.2) is 4.99 Å². The number of alkyl halides is 3. The molecule has 2 atom stereocenters. The van der Waals surface area contributed by atoms with Crippen LogP contribution in [0.15, 0.2) is 54.2 Å². The molecule has 1 aromatic carbocycles. The molecule has 1 aliphatic heterocycles. The number of aliphatic hydroxyl groups is 1. The predicted octanol–water partition coefficient (Wildman–Crippen LogP) is 3.39. The summed E-state index contributed by atoms with van der Waals surface area (Å²) in [6.45, 7) is 5.44. The van der Waals surface area contributed by atoms with Crippen LogP contribution in [0.2, 0.25) is 0 Å². The summed E-state index contributed by atoms with van der Waals surface area (Å²) in [7, 11) is 1.56. The van der Waals surface area contributed by atoms with E-state index in [0.29, 0.717) is 18.7 Å². The van der Waals surface area contributed by atoms with Gasteiger partial charge in [0.1, 0.15) is 17.5 Å². The van der Waals surface area contributed by atoms with Crippen LogP contribution in [-0.2, 0) is 11.4 Å². The minimum absolute atomic E-state index is 0.0811. The fourth-order valence-electron chi connectivity index (χ4n) is 3.33. The number of aliphatic hydroxyl groups excluding tert-OH is 1. The number of rotatable bonds is 8. The summed E-state index contributed by atoms with van der Waals surface area (Å²) in [5, 5.41) is 9.06. The standard InChI is InChI=1S/C22H28F3N3O3/c1-4-11-26-21(19(5-2)22(23,24)25)27(3)17-10-12-28(13-17)20(30)15-31-18-8-6-16(14-29)7-9-18/h4-9,11,17,19,29H,2,10,12-15H2,1,3H3/b11-4-,26-21?. The van der Waals surface area contributed by atoms with Crippen LogP contribution in [0.25, 0.3) is 0 Å². The van der Waals surface area contributed by atoms with Crippen molar-refractivity contribution in [2.75, 3.05) is 26.7 Å². The maximum Gasteiger partial charge on any atom is 0.402 e. The molecule has 0 aliphatic carbocycles. The topological polar surface area (TPSA) is 65.4 Å². The predicted molar refractivity (Wildman–Crippen MR) is 113 cm³/mol. The number of amidine groups is 1. The lowest BCUT2D eigenvalue weighted by Crippen LogP contribution is -2.46. The van der Waals surface area contributed by atoms with E-state index >= 15 is 0 Å². The summed E-state index contributed by atoms with van der Waals surface area (Å²) in [6.07, 6.45) is -0.276. The zero-order chi connectivity index (χ0) is 23.0. The number of amides is 1. The number of benzene rings is 1. The molecule has 1 amide bonds. The number of hydrogen-bond acceptors (Lipinski definition) is 4. The minimum Gasteiger partial charge on any atom is -0.484 e. The van der Waals surface area contributed by atoms with Crippen molar-refractivity contribution < 1.29 is 27.8 Å². The van der Waals surface area contributed by atoms with Crippen molar-refractivity contribution in [2.24, 2.45) is 10.9 Å². The molecule has 31 heavy (non-hydrogen) atoms. The lowest BCUT2D eigenvalue weighted by atomic mass is 10.1. The Hall–Kier alpha value is -2.81. The minimum atomic E-state index is -4.51. The summed E-state index contributed by atoms with van der Waals surface area (Å²) in [5.74, 6) is -1.80. The van der Waals surface area contributed by atoms with Gasteiger partial charge in [-0.15, -0.1) is 6.58 Å². The largest absolute Gasteiger partial charge is 0.484 e. The molecule has 1 aromatic rings. The van der Waals surface area contributed by atoms with Gasteiger partial charge >= 0.3 is 6.18 Å². The number of hydrogen-bond donors (Lipinski definition) is 1. The quantitative estimate of drug-likeness (QED) is 0.383. The van der Waals surface area contributed by atoms with Crippen LogP contribution >= 0.6 is 0 Å². The van der Waals surface area contributed by atoms with Gasteiger partial charge < -0.3 is 19.6 Å². The van der Waals surface area contributed by atoms with E-state index in [4.69, 9.17) is 9.84 Å². The average Bonchev–Trinajstić information content (AvgIpc) is 3.24. The van der Waals surface area contributed by atoms with Crippen molar-refractivity contribution in [3.8, 4) is 5.75 Å². The van der Waals surface area contributed by atoms with Crippen LogP contribution in [0.3, 0.4) is 0 Å². The first-order chi connectivity index (χ1) is 14.7. The molecule has 2 rings (SSSR count). The van der Waals surface area contributed by atoms with E-state index in [2.05, 4.69) is 11.6 Å². The number of likely N-dealkylation sites (tertiary alicyclic amines) is 1. The highest BCUT2D eigenvalue weighted by Gasteiger charge is 2.44. The molecular weight excluding hydrogens is 411 g/mol. The molecule has 0 bridgehead atoms. The van der Waals surface area contributed by atoms with Crippen LogP contribution in [0.4, 0.5) is 13.2 Å². The van der Waals surface area contributed by atoms with Crippen molar-refractivity contribution >= 4 is 11.7 Å². The summed E-state index contributed by atoms with van der Waals surface area (Å²) in [5.41, 5.74) is 0.733. The molecule has 2 unspecified atom stereocenters. The smallest absolute Gasteiger partial charge is 0.402 e. The first kappa shape index (κ1) is 24.5. The number of likely N-dealkylation sites (N-methyl/N-ethyl adjacent to an activating group) is 1. The highest BCUT2D eigenvalue weighted by Crippen LogP contribution is 2.31. The molecule has 0 saturated carbocycles. The lowest BCUT2D eigenvalue weighted by molar-refractivity contribution is -0.145. The highest BCUT2D eigenvalue weighted by atomic mass is 19.4. The van der Waals surface area contributed by atoms with Crippen LogP contribution in [0, 0.1) is 5.92 Å². The molecule has 9 heteroatoms. The fourth-order valence-corrected chi connectivity index (χ4v) is 3.33. The first-order valence-corrected chi connectivity index (χ1v) is 9.92. The van der Waals surface area contributed by atoms with Crippen molar-refractivity contribution in [2.45, 2.75) is 32.2 Å². The van der Waals surface area contributed by atoms with Gasteiger partial charge in [-0.3, -0.25) is 4.79 Å². The molecule has 6 nitrogen and oxygen atoms in total. The zero-order valence-corrected chi connectivity index (χ0v) is 17.7. The van der Waals surface area contributed by atoms with E-state index in [-0.39, 0.29) is 37.5 Å². The van der Waals surface area contributed by atoms with E-state index in [1.54, 1.807) is 49.2 Å². The Kier molecular flexibility index (Phi) is 8.67. The van der Waals surface area contributed by atoms with E-state index in [9.17, 15) is 18.0 Å². The third kappa shape index (κ3) is 6.58. The average molecular weight is 439 g/mol. The molecular formula is C22H28F3N3O3. The second-order valence-corrected chi connectivity index (χ2v) is 7.21. The third-order valence-electron chi connectivity index (χ3n) is 5.12. The Morgan fingerprint density at radius 3 is 2.65 bits per heavy atom. The fraction of sp³-hybridized carbons (Fsp3) is 0.455. The van der Waals surface area contributed by atoms with Gasteiger partial charge in [0.2, 0.25) is 0 Å². The number of carbonyl (C=O) groups excluding carboxylic acids is 1. The highest BCUT2D eigenvalue weighted by molar-refractivity contribution is 5.87. The van der Waals surface area contributed by atoms with Crippen molar-refractivity contribution in [3.05, 3.63) is 54.8 Å². The van der Waals surface area contributed by atoms with Crippen LogP contribution in [0.5, 0.6) is 5.75 Å². The molecule has 170 valence electrons. The summed E-state index contributed by atoms with van der Waals surface area (Å²) < 4.78 is 45.9. The van der Waals surface area contributed by atoms with E-state index in [0.717, 1.165) is 11.6 Å². The van der Waals surface area contributed by atoms with Crippen LogP contribution < -0.4 is 4.74 Å². The Labute approximate surface area is 180 Å². The molecule has 1 saturated heterocycles. The van der Waals surface area contributed by atoms with Crippen molar-refractivity contribution in [1.82, 2.24) is 9.80 Å². The number of halogens is 3. The molecule has 1 heterocycles. The van der Waals surface area contributed by atoms with E-state index < -0.39 is 12.1 Å². The van der Waals surface area contributed by atoms with E-state index in [1.165, 1.54) is 11.1 Å². The Balaban J connectivity index is 2.01. The van der Waals surface area contributed by atoms with Gasteiger partial charge in [0.15, 0.2) is 6.61 Å². The number of carbonyl (C=O) groups is 1. The normalized spacial score (nSPS) is 18.3. The Morgan fingerprint density at radius 2 is 2.10 bits per heavy atom. The number of allylic oxidation sites excluding steroid dienone is 1. The SMILES string of the molecule is C=CC(C(=N/C=C\C)N(C)C1CCN(C(=O)COc2ccc(CO)cc2)C1)C(F)(F)F. The van der Waals surface area contributed by atoms with Crippen LogP contribution in [-0.4, -0.2) is 65.6 Å². The number of aliphatic imine (C=N–C) groups is 1. The lowest BCUT2D eigenvalue weighted by Gasteiger charge is -2.32. The first-order valence-electron chi connectivity index (χ1n) is 9.92. The number of nitrogens with zero attached hydrogens (tertiary/aromatic N) is 3. The van der Waals surface area contributed by atoms with Gasteiger partial charge in [-0.2, -0.15) is 13.2 Å². The molecule has 1 aliphatic rings. The number of ether oxygens (including phenoxy) is 1. The summed E-state index contributed by atoms with van der Waals surface area (Å²) in [4.78, 5) is 19.6. The Bertz CT molecular complexity index is 806. The molecule has 1 N–H and O–H groups in total. The van der Waals surface area contributed by atoms with Gasteiger partial charge in [0.25, 0.3) is 5.91 Å². The second kappa shape index (κ2) is 11.0. The third-order valence-corrected chi connectivity index (χ3v) is 5.12. The monoisotopic (exact) mass is 439 g/mol. The summed E-state index contributed by atoms with van der Waals surface area (Å²) in [6, 6.07) is 6.42. The molecule has 1 fully saturated rings. The van der Waals surface area contributed by atoms with E-state index in [1.807, 2.05) is 0 Å². The van der Waals surface area contributed by atoms with Crippen LogP contribution in [0.1, 0.15) is 18.9 Å². The molecule has 0 spiro atoms. The maximum atomic E-state index is 13.5. The molecule has 0 radical (unpaired) electrons. The van der Waals surface area contributed by atoms with Gasteiger partial charge in [0, 0.05) is 32.4 Å². The van der Waals surface area contributed by atoms with Crippen molar-refractivity contribution in [3.63, 3.8) is 0 Å². The Morgan fingerprint density at radius 1 is 1.42 bits per heavy atom. The van der Waals surface area contributed by atoms with Gasteiger partial charge in [-0.1, -0.05) is 24.3 Å². The van der Waals surface area contributed by atoms with Crippen molar-refractivity contribution in [1.29, 1.82) is 0 Å².